The summed E-state index contributed by atoms with van der Waals surface area (Å²) in [6.07, 6.45) is 0.423. The predicted molar refractivity (Wildman–Crippen MR) is 119 cm³/mol. The van der Waals surface area contributed by atoms with Crippen molar-refractivity contribution >= 4 is 27.5 Å². The van der Waals surface area contributed by atoms with E-state index in [9.17, 15) is 22.4 Å². The van der Waals surface area contributed by atoms with E-state index in [0.717, 1.165) is 4.31 Å². The molecular formula is C24H22FNO5S. The van der Waals surface area contributed by atoms with Gasteiger partial charge in [-0.15, -0.1) is 0 Å². The fourth-order valence-electron chi connectivity index (χ4n) is 2.98. The van der Waals surface area contributed by atoms with Crippen LogP contribution in [0.4, 0.5) is 10.1 Å². The molecule has 0 saturated carbocycles. The summed E-state index contributed by atoms with van der Waals surface area (Å²) in [5.74, 6) is -1.29. The molecular weight excluding hydrogens is 433 g/mol. The molecule has 0 saturated heterocycles. The van der Waals surface area contributed by atoms with Gasteiger partial charge in [0.1, 0.15) is 5.82 Å². The maximum atomic E-state index is 12.9. The van der Waals surface area contributed by atoms with Gasteiger partial charge in [0.25, 0.3) is 10.0 Å². The second kappa shape index (κ2) is 10.2. The van der Waals surface area contributed by atoms with E-state index in [1.54, 1.807) is 30.3 Å². The number of carbonyl (C=O) groups is 2. The van der Waals surface area contributed by atoms with E-state index in [2.05, 4.69) is 0 Å². The van der Waals surface area contributed by atoms with Crippen LogP contribution in [-0.2, 0) is 14.8 Å². The first-order valence-electron chi connectivity index (χ1n) is 9.89. The van der Waals surface area contributed by atoms with E-state index in [1.165, 1.54) is 55.6 Å². The van der Waals surface area contributed by atoms with Gasteiger partial charge in [-0.05, 0) is 61.0 Å². The standard InChI is InChI=1S/C24H22FNO5S/c1-26(21-8-3-2-4-9-21)32(29,30)22-10-5-7-19(17-22)24(28)31-16-6-11-23(27)18-12-14-20(25)15-13-18/h2-5,7-10,12-15,17H,6,11,16H2,1H3. The number of esters is 1. The largest absolute Gasteiger partial charge is 0.462 e. The highest BCUT2D eigenvalue weighted by Gasteiger charge is 2.22. The zero-order valence-electron chi connectivity index (χ0n) is 17.4. The molecule has 6 nitrogen and oxygen atoms in total. The van der Waals surface area contributed by atoms with Crippen LogP contribution >= 0.6 is 0 Å². The lowest BCUT2D eigenvalue weighted by molar-refractivity contribution is 0.0494. The van der Waals surface area contributed by atoms with Gasteiger partial charge in [0, 0.05) is 19.0 Å². The van der Waals surface area contributed by atoms with Crippen LogP contribution < -0.4 is 4.31 Å². The minimum absolute atomic E-state index is 0.00728. The van der Waals surface area contributed by atoms with Crippen molar-refractivity contribution in [1.82, 2.24) is 0 Å². The van der Waals surface area contributed by atoms with Gasteiger partial charge in [-0.1, -0.05) is 24.3 Å². The molecule has 3 aromatic carbocycles. The Hall–Kier alpha value is -3.52. The predicted octanol–water partition coefficient (Wildman–Crippen LogP) is 4.47. The first-order valence-corrected chi connectivity index (χ1v) is 11.3. The number of Topliss-reactive ketones (excluding diaryl/α,β-unsaturated/α-hetero) is 1. The average molecular weight is 456 g/mol. The number of ketones is 1. The van der Waals surface area contributed by atoms with Gasteiger partial charge in [0.2, 0.25) is 0 Å². The molecule has 0 aromatic heterocycles. The molecule has 32 heavy (non-hydrogen) atoms. The topological polar surface area (TPSA) is 80.8 Å². The fourth-order valence-corrected chi connectivity index (χ4v) is 4.22. The summed E-state index contributed by atoms with van der Waals surface area (Å²) in [4.78, 5) is 24.4. The Morgan fingerprint density at radius 3 is 2.28 bits per heavy atom. The molecule has 3 rings (SSSR count). The van der Waals surface area contributed by atoms with E-state index < -0.39 is 21.8 Å². The average Bonchev–Trinajstić information content (AvgIpc) is 2.82. The molecule has 0 atom stereocenters. The number of halogens is 1. The van der Waals surface area contributed by atoms with E-state index in [-0.39, 0.29) is 35.7 Å². The summed E-state index contributed by atoms with van der Waals surface area (Å²) >= 11 is 0. The molecule has 0 amide bonds. The smallest absolute Gasteiger partial charge is 0.338 e. The van der Waals surface area contributed by atoms with Crippen molar-refractivity contribution in [2.45, 2.75) is 17.7 Å². The second-order valence-electron chi connectivity index (χ2n) is 7.01. The normalized spacial score (nSPS) is 11.1. The summed E-state index contributed by atoms with van der Waals surface area (Å²) in [7, 11) is -2.43. The fraction of sp³-hybridized carbons (Fsp3) is 0.167. The monoisotopic (exact) mass is 455 g/mol. The van der Waals surface area contributed by atoms with Gasteiger partial charge >= 0.3 is 5.97 Å². The minimum atomic E-state index is -3.86. The van der Waals surface area contributed by atoms with Crippen molar-refractivity contribution in [3.05, 3.63) is 95.8 Å². The summed E-state index contributed by atoms with van der Waals surface area (Å²) < 4.78 is 45.1. The number of hydrogen-bond acceptors (Lipinski definition) is 5. The van der Waals surface area contributed by atoms with Gasteiger partial charge in [-0.3, -0.25) is 9.10 Å². The summed E-state index contributed by atoms with van der Waals surface area (Å²) in [5, 5.41) is 0. The van der Waals surface area contributed by atoms with Crippen molar-refractivity contribution in [1.29, 1.82) is 0 Å². The molecule has 0 aliphatic heterocycles. The molecule has 0 aliphatic carbocycles. The SMILES string of the molecule is CN(c1ccccc1)S(=O)(=O)c1cccc(C(=O)OCCCC(=O)c2ccc(F)cc2)c1. The first-order chi connectivity index (χ1) is 15.3. The van der Waals surface area contributed by atoms with Crippen LogP contribution in [0.3, 0.4) is 0 Å². The summed E-state index contributed by atoms with van der Waals surface area (Å²) in [5.41, 5.74) is 0.974. The van der Waals surface area contributed by atoms with E-state index in [0.29, 0.717) is 11.3 Å². The van der Waals surface area contributed by atoms with Crippen molar-refractivity contribution in [2.24, 2.45) is 0 Å². The van der Waals surface area contributed by atoms with Gasteiger partial charge in [-0.2, -0.15) is 0 Å². The molecule has 0 spiro atoms. The number of benzene rings is 3. The lowest BCUT2D eigenvalue weighted by Gasteiger charge is -2.19. The lowest BCUT2D eigenvalue weighted by atomic mass is 10.1. The number of anilines is 1. The maximum absolute atomic E-state index is 12.9. The van der Waals surface area contributed by atoms with Crippen molar-refractivity contribution in [3.8, 4) is 0 Å². The number of ether oxygens (including phenoxy) is 1. The maximum Gasteiger partial charge on any atom is 0.338 e. The summed E-state index contributed by atoms with van der Waals surface area (Å²) in [6.45, 7) is -0.00728. The Morgan fingerprint density at radius 1 is 0.906 bits per heavy atom. The third kappa shape index (κ3) is 5.59. The highest BCUT2D eigenvalue weighted by atomic mass is 32.2. The second-order valence-corrected chi connectivity index (χ2v) is 8.97. The zero-order chi connectivity index (χ0) is 23.1. The Morgan fingerprint density at radius 2 is 1.59 bits per heavy atom. The number of carbonyl (C=O) groups excluding carboxylic acids is 2. The van der Waals surface area contributed by atoms with Gasteiger partial charge in [-0.25, -0.2) is 17.6 Å². The molecule has 0 aliphatic rings. The van der Waals surface area contributed by atoms with Crippen LogP contribution in [0.15, 0.2) is 83.8 Å². The Bertz CT molecular complexity index is 1190. The molecule has 3 aromatic rings. The Balaban J connectivity index is 1.59. The van der Waals surface area contributed by atoms with Crippen molar-refractivity contribution < 1.29 is 27.1 Å². The van der Waals surface area contributed by atoms with E-state index in [1.807, 2.05) is 0 Å². The third-order valence-electron chi connectivity index (χ3n) is 4.80. The molecule has 0 fully saturated rings. The van der Waals surface area contributed by atoms with Gasteiger partial charge < -0.3 is 4.74 Å². The number of rotatable bonds is 9. The molecule has 0 radical (unpaired) electrons. The number of sulfonamides is 1. The van der Waals surface area contributed by atoms with Crippen molar-refractivity contribution in [2.75, 3.05) is 18.0 Å². The van der Waals surface area contributed by atoms with Crippen LogP contribution in [0.1, 0.15) is 33.6 Å². The Labute approximate surface area is 186 Å². The van der Waals surface area contributed by atoms with Crippen LogP contribution in [-0.4, -0.2) is 33.8 Å². The molecule has 0 bridgehead atoms. The quantitative estimate of drug-likeness (QED) is 0.270. The van der Waals surface area contributed by atoms with Crippen LogP contribution in [0.5, 0.6) is 0 Å². The molecule has 0 unspecified atom stereocenters. The minimum Gasteiger partial charge on any atom is -0.462 e. The zero-order valence-corrected chi connectivity index (χ0v) is 18.2. The Kier molecular flexibility index (Phi) is 7.37. The third-order valence-corrected chi connectivity index (χ3v) is 6.58. The molecule has 0 heterocycles. The number of nitrogens with zero attached hydrogens (tertiary/aromatic N) is 1. The molecule has 8 heteroatoms. The van der Waals surface area contributed by atoms with Crippen LogP contribution in [0.2, 0.25) is 0 Å². The number of hydrogen-bond donors (Lipinski definition) is 0. The van der Waals surface area contributed by atoms with Crippen LogP contribution in [0.25, 0.3) is 0 Å². The van der Waals surface area contributed by atoms with Gasteiger partial charge in [0.05, 0.1) is 22.8 Å². The van der Waals surface area contributed by atoms with E-state index in [4.69, 9.17) is 4.74 Å². The molecule has 166 valence electrons. The molecule has 0 N–H and O–H groups in total. The van der Waals surface area contributed by atoms with Gasteiger partial charge in [0.15, 0.2) is 5.78 Å². The summed E-state index contributed by atoms with van der Waals surface area (Å²) in [6, 6.07) is 19.4. The number of para-hydroxylation sites is 1. The van der Waals surface area contributed by atoms with Crippen LogP contribution in [0, 0.1) is 5.82 Å². The van der Waals surface area contributed by atoms with Crippen molar-refractivity contribution in [3.63, 3.8) is 0 Å². The highest BCUT2D eigenvalue weighted by molar-refractivity contribution is 7.92. The highest BCUT2D eigenvalue weighted by Crippen LogP contribution is 2.22. The first kappa shape index (κ1) is 23.1. The van der Waals surface area contributed by atoms with E-state index >= 15 is 0 Å². The lowest BCUT2D eigenvalue weighted by Crippen LogP contribution is -2.26.